The molecule has 0 bridgehead atoms. The Hall–Kier alpha value is -0.890. The van der Waals surface area contributed by atoms with Gasteiger partial charge in [0.25, 0.3) is 0 Å². The van der Waals surface area contributed by atoms with Gasteiger partial charge in [0.05, 0.1) is 0 Å². The minimum atomic E-state index is -0.741. The SMILES string of the molecule is O=C(C1CC=CC1)C(O)C1CC=CC1. The van der Waals surface area contributed by atoms with Crippen LogP contribution >= 0.6 is 0 Å². The summed E-state index contributed by atoms with van der Waals surface area (Å²) < 4.78 is 0. The fourth-order valence-electron chi connectivity index (χ4n) is 2.22. The molecule has 1 atom stereocenters. The van der Waals surface area contributed by atoms with E-state index in [-0.39, 0.29) is 17.6 Å². The van der Waals surface area contributed by atoms with Gasteiger partial charge in [-0.25, -0.2) is 0 Å². The minimum absolute atomic E-state index is 0.0451. The Bertz CT molecular complexity index is 262. The van der Waals surface area contributed by atoms with Gasteiger partial charge < -0.3 is 5.11 Å². The first-order valence-electron chi connectivity index (χ1n) is 5.31. The van der Waals surface area contributed by atoms with Crippen molar-refractivity contribution in [1.29, 1.82) is 0 Å². The lowest BCUT2D eigenvalue weighted by molar-refractivity contribution is -0.133. The number of aliphatic hydroxyl groups excluding tert-OH is 1. The zero-order valence-electron chi connectivity index (χ0n) is 8.23. The topological polar surface area (TPSA) is 37.3 Å². The van der Waals surface area contributed by atoms with Crippen LogP contribution in [0.1, 0.15) is 25.7 Å². The molecule has 76 valence electrons. The molecule has 0 saturated heterocycles. The van der Waals surface area contributed by atoms with Crippen LogP contribution in [0.5, 0.6) is 0 Å². The first-order chi connectivity index (χ1) is 6.79. The van der Waals surface area contributed by atoms with Gasteiger partial charge in [0.1, 0.15) is 6.10 Å². The van der Waals surface area contributed by atoms with E-state index in [0.29, 0.717) is 0 Å². The maximum absolute atomic E-state index is 11.8. The lowest BCUT2D eigenvalue weighted by Crippen LogP contribution is -2.32. The molecule has 0 fully saturated rings. The van der Waals surface area contributed by atoms with Crippen LogP contribution in [0, 0.1) is 11.8 Å². The summed E-state index contributed by atoms with van der Waals surface area (Å²) in [5, 5.41) is 9.86. The van der Waals surface area contributed by atoms with Crippen LogP contribution in [-0.2, 0) is 4.79 Å². The number of hydrogen-bond donors (Lipinski definition) is 1. The highest BCUT2D eigenvalue weighted by Gasteiger charge is 2.31. The third-order valence-electron chi connectivity index (χ3n) is 3.19. The fourth-order valence-corrected chi connectivity index (χ4v) is 2.22. The highest BCUT2D eigenvalue weighted by Crippen LogP contribution is 2.27. The van der Waals surface area contributed by atoms with Crippen molar-refractivity contribution in [2.75, 3.05) is 0 Å². The van der Waals surface area contributed by atoms with E-state index in [0.717, 1.165) is 25.7 Å². The van der Waals surface area contributed by atoms with Crippen LogP contribution in [0.4, 0.5) is 0 Å². The van der Waals surface area contributed by atoms with Crippen LogP contribution in [0.25, 0.3) is 0 Å². The Morgan fingerprint density at radius 2 is 1.57 bits per heavy atom. The molecule has 2 nitrogen and oxygen atoms in total. The van der Waals surface area contributed by atoms with Gasteiger partial charge in [0.2, 0.25) is 0 Å². The zero-order valence-corrected chi connectivity index (χ0v) is 8.23. The van der Waals surface area contributed by atoms with E-state index in [1.165, 1.54) is 0 Å². The fraction of sp³-hybridized carbons (Fsp3) is 0.583. The number of rotatable bonds is 3. The number of allylic oxidation sites excluding steroid dienone is 4. The quantitative estimate of drug-likeness (QED) is 0.693. The molecule has 0 aromatic rings. The van der Waals surface area contributed by atoms with Gasteiger partial charge in [0, 0.05) is 5.92 Å². The van der Waals surface area contributed by atoms with Crippen LogP contribution in [0.15, 0.2) is 24.3 Å². The molecule has 2 heteroatoms. The molecule has 0 amide bonds. The molecule has 0 aromatic heterocycles. The largest absolute Gasteiger partial charge is 0.385 e. The van der Waals surface area contributed by atoms with E-state index in [1.54, 1.807) is 0 Å². The molecule has 0 aliphatic heterocycles. The molecule has 2 aliphatic carbocycles. The number of hydrogen-bond acceptors (Lipinski definition) is 2. The van der Waals surface area contributed by atoms with E-state index in [2.05, 4.69) is 0 Å². The standard InChI is InChI=1S/C12H16O2/c13-11(9-5-1-2-6-9)12(14)10-7-3-4-8-10/h1-4,9-11,13H,5-8H2. The number of ketones is 1. The Balaban J connectivity index is 1.90. The molecule has 0 aromatic carbocycles. The van der Waals surface area contributed by atoms with E-state index >= 15 is 0 Å². The van der Waals surface area contributed by atoms with Crippen LogP contribution in [-0.4, -0.2) is 17.0 Å². The molecule has 14 heavy (non-hydrogen) atoms. The van der Waals surface area contributed by atoms with Gasteiger partial charge in [0.15, 0.2) is 5.78 Å². The van der Waals surface area contributed by atoms with Gasteiger partial charge in [-0.2, -0.15) is 0 Å². The molecule has 0 heterocycles. The van der Waals surface area contributed by atoms with Crippen molar-refractivity contribution in [3.8, 4) is 0 Å². The average molecular weight is 192 g/mol. The predicted molar refractivity (Wildman–Crippen MR) is 54.7 cm³/mol. The Morgan fingerprint density at radius 1 is 1.07 bits per heavy atom. The maximum atomic E-state index is 11.8. The predicted octanol–water partition coefficient (Wildman–Crippen LogP) is 1.85. The lowest BCUT2D eigenvalue weighted by atomic mass is 9.89. The summed E-state index contributed by atoms with van der Waals surface area (Å²) in [7, 11) is 0. The second-order valence-corrected chi connectivity index (χ2v) is 4.19. The highest BCUT2D eigenvalue weighted by atomic mass is 16.3. The van der Waals surface area contributed by atoms with Crippen LogP contribution in [0.2, 0.25) is 0 Å². The van der Waals surface area contributed by atoms with Gasteiger partial charge in [-0.1, -0.05) is 24.3 Å². The molecular formula is C12H16O2. The first kappa shape index (κ1) is 9.66. The van der Waals surface area contributed by atoms with Crippen molar-refractivity contribution in [3.63, 3.8) is 0 Å². The Morgan fingerprint density at radius 3 is 2.14 bits per heavy atom. The van der Waals surface area contributed by atoms with Gasteiger partial charge in [-0.15, -0.1) is 0 Å². The van der Waals surface area contributed by atoms with Crippen molar-refractivity contribution < 1.29 is 9.90 Å². The minimum Gasteiger partial charge on any atom is -0.385 e. The van der Waals surface area contributed by atoms with Crippen molar-refractivity contribution in [3.05, 3.63) is 24.3 Å². The molecule has 1 N–H and O–H groups in total. The summed E-state index contributed by atoms with van der Waals surface area (Å²) in [5.41, 5.74) is 0. The van der Waals surface area contributed by atoms with Crippen molar-refractivity contribution in [2.24, 2.45) is 11.8 Å². The molecule has 0 saturated carbocycles. The molecule has 1 unspecified atom stereocenters. The Kier molecular flexibility index (Phi) is 2.82. The third kappa shape index (κ3) is 1.80. The maximum Gasteiger partial charge on any atom is 0.165 e. The number of carbonyl (C=O) groups is 1. The summed E-state index contributed by atoms with van der Waals surface area (Å²) in [6.45, 7) is 0. The van der Waals surface area contributed by atoms with E-state index < -0.39 is 6.10 Å². The van der Waals surface area contributed by atoms with Gasteiger partial charge >= 0.3 is 0 Å². The summed E-state index contributed by atoms with van der Waals surface area (Å²) in [6.07, 6.45) is 10.8. The molecule has 0 radical (unpaired) electrons. The normalized spacial score (nSPS) is 24.6. The van der Waals surface area contributed by atoms with E-state index in [4.69, 9.17) is 0 Å². The van der Waals surface area contributed by atoms with Crippen molar-refractivity contribution >= 4 is 5.78 Å². The van der Waals surface area contributed by atoms with E-state index in [1.807, 2.05) is 24.3 Å². The van der Waals surface area contributed by atoms with Crippen LogP contribution in [0.3, 0.4) is 0 Å². The molecule has 2 rings (SSSR count). The second-order valence-electron chi connectivity index (χ2n) is 4.19. The van der Waals surface area contributed by atoms with Crippen molar-refractivity contribution in [1.82, 2.24) is 0 Å². The van der Waals surface area contributed by atoms with Gasteiger partial charge in [-0.05, 0) is 31.6 Å². The summed E-state index contributed by atoms with van der Waals surface area (Å²) in [6, 6.07) is 0. The van der Waals surface area contributed by atoms with Gasteiger partial charge in [-0.3, -0.25) is 4.79 Å². The summed E-state index contributed by atoms with van der Waals surface area (Å²) >= 11 is 0. The third-order valence-corrected chi connectivity index (χ3v) is 3.19. The first-order valence-corrected chi connectivity index (χ1v) is 5.31. The summed E-state index contributed by atoms with van der Waals surface area (Å²) in [4.78, 5) is 11.8. The second kappa shape index (κ2) is 4.09. The number of Topliss-reactive ketones (excluding diaryl/α,β-unsaturated/α-hetero) is 1. The van der Waals surface area contributed by atoms with E-state index in [9.17, 15) is 9.90 Å². The van der Waals surface area contributed by atoms with Crippen LogP contribution < -0.4 is 0 Å². The summed E-state index contributed by atoms with van der Waals surface area (Å²) in [5.74, 6) is 0.234. The molecular weight excluding hydrogens is 176 g/mol. The zero-order chi connectivity index (χ0) is 9.97. The lowest BCUT2D eigenvalue weighted by Gasteiger charge is -2.19. The monoisotopic (exact) mass is 192 g/mol. The molecule has 0 spiro atoms. The molecule has 2 aliphatic rings. The Labute approximate surface area is 84.3 Å². The highest BCUT2D eigenvalue weighted by molar-refractivity contribution is 5.86. The number of carbonyl (C=O) groups excluding carboxylic acids is 1. The number of aliphatic hydroxyl groups is 1. The van der Waals surface area contributed by atoms with Crippen molar-refractivity contribution in [2.45, 2.75) is 31.8 Å². The average Bonchev–Trinajstić information content (AvgIpc) is 2.87. The smallest absolute Gasteiger partial charge is 0.165 e.